The Hall–Kier alpha value is -2.81. The molecular weight excluding hydrogens is 412 g/mol. The third-order valence-corrected chi connectivity index (χ3v) is 7.19. The molecule has 1 saturated carbocycles. The van der Waals surface area contributed by atoms with E-state index in [1.807, 2.05) is 18.2 Å². The Bertz CT molecular complexity index is 927. The molecule has 0 aromatic heterocycles. The van der Waals surface area contributed by atoms with Gasteiger partial charge in [0.15, 0.2) is 11.5 Å². The number of hydrazine groups is 1. The van der Waals surface area contributed by atoms with Crippen molar-refractivity contribution in [1.29, 1.82) is 0 Å². The summed E-state index contributed by atoms with van der Waals surface area (Å²) >= 11 is 0. The first-order valence-corrected chi connectivity index (χ1v) is 11.5. The topological polar surface area (TPSA) is 100 Å². The summed E-state index contributed by atoms with van der Waals surface area (Å²) in [6, 6.07) is 5.45. The second-order valence-corrected chi connectivity index (χ2v) is 9.40. The van der Waals surface area contributed by atoms with Gasteiger partial charge in [-0.25, -0.2) is 4.79 Å². The minimum absolute atomic E-state index is 0.0749. The predicted octanol–water partition coefficient (Wildman–Crippen LogP) is 2.13. The number of carbonyl (C=O) groups excluding carboxylic acids is 3. The van der Waals surface area contributed by atoms with Crippen LogP contribution in [0.2, 0.25) is 0 Å². The van der Waals surface area contributed by atoms with Crippen LogP contribution in [0.3, 0.4) is 0 Å². The third-order valence-electron chi connectivity index (χ3n) is 7.19. The lowest BCUT2D eigenvalue weighted by atomic mass is 9.77. The molecule has 172 valence electrons. The van der Waals surface area contributed by atoms with Crippen LogP contribution in [0.15, 0.2) is 18.2 Å². The van der Waals surface area contributed by atoms with Gasteiger partial charge < -0.3 is 14.8 Å². The number of likely N-dealkylation sites (tertiary alicyclic amines) is 1. The van der Waals surface area contributed by atoms with Gasteiger partial charge in [0.2, 0.25) is 0 Å². The van der Waals surface area contributed by atoms with E-state index in [1.54, 1.807) is 0 Å². The second kappa shape index (κ2) is 8.27. The number of nitrogens with zero attached hydrogens (tertiary/aromatic N) is 2. The molecule has 3 heterocycles. The summed E-state index contributed by atoms with van der Waals surface area (Å²) in [6.07, 6.45) is 4.90. The van der Waals surface area contributed by atoms with Gasteiger partial charge in [-0.2, -0.15) is 5.01 Å². The second-order valence-electron chi connectivity index (χ2n) is 9.40. The van der Waals surface area contributed by atoms with E-state index in [4.69, 9.17) is 9.47 Å². The molecule has 0 unspecified atom stereocenters. The highest BCUT2D eigenvalue weighted by atomic mass is 16.6. The largest absolute Gasteiger partial charge is 0.486 e. The number of carbonyl (C=O) groups is 3. The maximum Gasteiger partial charge on any atom is 0.344 e. The van der Waals surface area contributed by atoms with Gasteiger partial charge in [-0.1, -0.05) is 13.0 Å². The summed E-state index contributed by atoms with van der Waals surface area (Å²) in [5, 5.41) is 3.72. The average Bonchev–Trinajstić information content (AvgIpc) is 3.34. The van der Waals surface area contributed by atoms with Crippen molar-refractivity contribution >= 4 is 17.8 Å². The highest BCUT2D eigenvalue weighted by Crippen LogP contribution is 2.38. The van der Waals surface area contributed by atoms with Gasteiger partial charge in [0.05, 0.1) is 6.54 Å². The summed E-state index contributed by atoms with van der Waals surface area (Å²) < 4.78 is 11.3. The molecule has 2 saturated heterocycles. The summed E-state index contributed by atoms with van der Waals surface area (Å²) in [5.41, 5.74) is 2.77. The lowest BCUT2D eigenvalue weighted by Gasteiger charge is -2.33. The highest BCUT2D eigenvalue weighted by molar-refractivity contribution is 6.08. The van der Waals surface area contributed by atoms with Crippen molar-refractivity contribution in [2.45, 2.75) is 57.0 Å². The van der Waals surface area contributed by atoms with Crippen LogP contribution in [0.4, 0.5) is 4.79 Å². The molecule has 5 rings (SSSR count). The van der Waals surface area contributed by atoms with E-state index >= 15 is 0 Å². The van der Waals surface area contributed by atoms with Crippen molar-refractivity contribution in [2.24, 2.45) is 5.92 Å². The normalized spacial score (nSPS) is 30.0. The van der Waals surface area contributed by atoms with Crippen molar-refractivity contribution in [3.05, 3.63) is 23.8 Å². The van der Waals surface area contributed by atoms with E-state index in [2.05, 4.69) is 22.6 Å². The number of hydrogen-bond acceptors (Lipinski definition) is 6. The van der Waals surface area contributed by atoms with Gasteiger partial charge in [0, 0.05) is 6.04 Å². The lowest BCUT2D eigenvalue weighted by Crippen LogP contribution is -2.52. The molecule has 1 atom stereocenters. The fourth-order valence-corrected chi connectivity index (χ4v) is 5.32. The number of fused-ring (bicyclic) bond motifs is 1. The standard InChI is InChI=1S/C23H30N4O5/c1-15-6-8-23(9-7-15)21(29)27(22(30)24-23)25-20(28)14-26-10-2-3-17(26)16-4-5-18-19(13-16)32-12-11-31-18/h4-5,13,15,17H,2-3,6-12,14H2,1H3,(H,24,30)(H,25,28)/t15?,17-,23?/m0/s1. The Balaban J connectivity index is 1.23. The van der Waals surface area contributed by atoms with Crippen molar-refractivity contribution in [3.8, 4) is 11.5 Å². The molecule has 0 bridgehead atoms. The minimum atomic E-state index is -0.863. The number of amides is 4. The molecule has 4 amide bonds. The van der Waals surface area contributed by atoms with Crippen LogP contribution in [0, 0.1) is 5.92 Å². The Morgan fingerprint density at radius 1 is 1.16 bits per heavy atom. The van der Waals surface area contributed by atoms with Crippen LogP contribution in [0.5, 0.6) is 11.5 Å². The van der Waals surface area contributed by atoms with Crippen LogP contribution in [0.25, 0.3) is 0 Å². The van der Waals surface area contributed by atoms with Crippen molar-refractivity contribution in [1.82, 2.24) is 20.7 Å². The number of urea groups is 1. The summed E-state index contributed by atoms with van der Waals surface area (Å²) in [7, 11) is 0. The quantitative estimate of drug-likeness (QED) is 0.693. The van der Waals surface area contributed by atoms with E-state index in [0.29, 0.717) is 32.0 Å². The Morgan fingerprint density at radius 2 is 1.91 bits per heavy atom. The molecule has 3 fully saturated rings. The lowest BCUT2D eigenvalue weighted by molar-refractivity contribution is -0.140. The number of hydrogen-bond donors (Lipinski definition) is 2. The maximum absolute atomic E-state index is 13.0. The van der Waals surface area contributed by atoms with Gasteiger partial charge >= 0.3 is 6.03 Å². The van der Waals surface area contributed by atoms with Gasteiger partial charge in [-0.15, -0.1) is 0 Å². The first kappa shape index (κ1) is 21.1. The predicted molar refractivity (Wildman–Crippen MR) is 115 cm³/mol. The molecule has 2 N–H and O–H groups in total. The van der Waals surface area contributed by atoms with Crippen LogP contribution >= 0.6 is 0 Å². The Kier molecular flexibility index (Phi) is 5.44. The van der Waals surface area contributed by atoms with Crippen molar-refractivity contribution < 1.29 is 23.9 Å². The first-order chi connectivity index (χ1) is 15.4. The fourth-order valence-electron chi connectivity index (χ4n) is 5.32. The first-order valence-electron chi connectivity index (χ1n) is 11.5. The molecule has 1 aliphatic carbocycles. The fraction of sp³-hybridized carbons (Fsp3) is 0.609. The minimum Gasteiger partial charge on any atom is -0.486 e. The van der Waals surface area contributed by atoms with Crippen LogP contribution in [0.1, 0.15) is 57.1 Å². The van der Waals surface area contributed by atoms with Gasteiger partial charge in [-0.3, -0.25) is 19.9 Å². The highest BCUT2D eigenvalue weighted by Gasteiger charge is 2.53. The van der Waals surface area contributed by atoms with Gasteiger partial charge in [-0.05, 0) is 68.7 Å². The summed E-state index contributed by atoms with van der Waals surface area (Å²) in [4.78, 5) is 40.3. The van der Waals surface area contributed by atoms with Crippen LogP contribution in [-0.2, 0) is 9.59 Å². The molecular formula is C23H30N4O5. The molecule has 1 aromatic carbocycles. The number of benzene rings is 1. The molecule has 3 aliphatic heterocycles. The van der Waals surface area contributed by atoms with E-state index in [9.17, 15) is 14.4 Å². The Morgan fingerprint density at radius 3 is 2.69 bits per heavy atom. The average molecular weight is 443 g/mol. The van der Waals surface area contributed by atoms with Crippen molar-refractivity contribution in [2.75, 3.05) is 26.3 Å². The van der Waals surface area contributed by atoms with E-state index < -0.39 is 11.6 Å². The van der Waals surface area contributed by atoms with E-state index in [-0.39, 0.29) is 24.4 Å². The zero-order valence-electron chi connectivity index (χ0n) is 18.4. The molecule has 9 heteroatoms. The zero-order chi connectivity index (χ0) is 22.3. The number of ether oxygens (including phenoxy) is 2. The Labute approximate surface area is 187 Å². The summed E-state index contributed by atoms with van der Waals surface area (Å²) in [5.74, 6) is 1.32. The smallest absolute Gasteiger partial charge is 0.344 e. The van der Waals surface area contributed by atoms with E-state index in [1.165, 1.54) is 0 Å². The third kappa shape index (κ3) is 3.79. The molecule has 0 radical (unpaired) electrons. The number of nitrogens with one attached hydrogen (secondary N) is 2. The molecule has 1 aromatic rings. The molecule has 9 nitrogen and oxygen atoms in total. The molecule has 4 aliphatic rings. The molecule has 32 heavy (non-hydrogen) atoms. The zero-order valence-corrected chi connectivity index (χ0v) is 18.4. The van der Waals surface area contributed by atoms with Gasteiger partial charge in [0.1, 0.15) is 18.8 Å². The maximum atomic E-state index is 13.0. The number of rotatable bonds is 4. The van der Waals surface area contributed by atoms with Crippen LogP contribution in [-0.4, -0.2) is 59.6 Å². The van der Waals surface area contributed by atoms with Gasteiger partial charge in [0.25, 0.3) is 11.8 Å². The monoisotopic (exact) mass is 442 g/mol. The van der Waals surface area contributed by atoms with Crippen LogP contribution < -0.4 is 20.2 Å². The van der Waals surface area contributed by atoms with E-state index in [0.717, 1.165) is 54.3 Å². The molecule has 1 spiro atoms. The number of imide groups is 1. The SMILES string of the molecule is CC1CCC2(CC1)NC(=O)N(NC(=O)CN1CCC[C@H]1c1ccc3c(c1)OCCO3)C2=O. The summed E-state index contributed by atoms with van der Waals surface area (Å²) in [6.45, 7) is 4.11. The van der Waals surface area contributed by atoms with Crippen molar-refractivity contribution in [3.63, 3.8) is 0 Å².